The molecule has 2 unspecified atom stereocenters. The predicted molar refractivity (Wildman–Crippen MR) is 284 cm³/mol. The van der Waals surface area contributed by atoms with Crippen molar-refractivity contribution in [3.63, 3.8) is 0 Å². The molecule has 0 rings (SSSR count). The van der Waals surface area contributed by atoms with Crippen LogP contribution in [-0.2, 0) is 4.79 Å². The molecule has 0 saturated heterocycles. The van der Waals surface area contributed by atoms with Crippen LogP contribution in [0.2, 0.25) is 0 Å². The number of rotatable bonds is 43. The quantitative estimate of drug-likeness (QED) is 0.0422. The molecule has 0 saturated carbocycles. The van der Waals surface area contributed by atoms with E-state index in [0.29, 0.717) is 6.42 Å². The van der Waals surface area contributed by atoms with Crippen molar-refractivity contribution in [3.05, 3.63) is 170 Å². The molecular weight excluding hydrogens is 783 g/mol. The van der Waals surface area contributed by atoms with Crippen LogP contribution in [0.4, 0.5) is 0 Å². The zero-order valence-electron chi connectivity index (χ0n) is 40.7. The number of aliphatic hydroxyl groups excluding tert-OH is 2. The predicted octanol–water partition coefficient (Wildman–Crippen LogP) is 16.8. The van der Waals surface area contributed by atoms with E-state index in [4.69, 9.17) is 0 Å². The van der Waals surface area contributed by atoms with E-state index in [1.807, 2.05) is 6.08 Å². The average Bonchev–Trinajstić information content (AvgIpc) is 3.30. The molecule has 0 bridgehead atoms. The highest BCUT2D eigenvalue weighted by Gasteiger charge is 2.17. The van der Waals surface area contributed by atoms with Gasteiger partial charge in [-0.25, -0.2) is 0 Å². The maximum atomic E-state index is 12.4. The Morgan fingerprint density at radius 2 is 0.703 bits per heavy atom. The Kier molecular flexibility index (Phi) is 49.6. The largest absolute Gasteiger partial charge is 0.394 e. The number of aliphatic hydroxyl groups is 2. The van der Waals surface area contributed by atoms with Crippen LogP contribution in [0.25, 0.3) is 0 Å². The first-order valence-corrected chi connectivity index (χ1v) is 25.3. The first-order valence-electron chi connectivity index (χ1n) is 25.3. The summed E-state index contributed by atoms with van der Waals surface area (Å²) in [5.41, 5.74) is 0. The molecule has 0 heterocycles. The minimum atomic E-state index is -0.883. The molecule has 0 fully saturated rings. The van der Waals surface area contributed by atoms with E-state index in [1.165, 1.54) is 32.1 Å². The van der Waals surface area contributed by atoms with Gasteiger partial charge in [-0.05, 0) is 122 Å². The summed E-state index contributed by atoms with van der Waals surface area (Å²) in [6.45, 7) is 4.12. The van der Waals surface area contributed by atoms with Crippen molar-refractivity contribution in [2.45, 2.75) is 193 Å². The van der Waals surface area contributed by atoms with Crippen molar-refractivity contribution in [3.8, 4) is 0 Å². The molecule has 0 aromatic heterocycles. The number of unbranched alkanes of at least 4 members (excludes halogenated alkanes) is 10. The second-order valence-electron chi connectivity index (χ2n) is 16.1. The van der Waals surface area contributed by atoms with Crippen molar-refractivity contribution < 1.29 is 15.0 Å². The minimum Gasteiger partial charge on any atom is -0.394 e. The van der Waals surface area contributed by atoms with Crippen molar-refractivity contribution in [2.75, 3.05) is 6.61 Å². The number of hydrogen-bond acceptors (Lipinski definition) is 3. The average molecular weight is 876 g/mol. The molecule has 2 atom stereocenters. The van der Waals surface area contributed by atoms with Gasteiger partial charge < -0.3 is 15.5 Å². The second kappa shape index (κ2) is 53.1. The maximum absolute atomic E-state index is 12.4. The molecule has 3 N–H and O–H groups in total. The molecule has 356 valence electrons. The normalized spacial score (nSPS) is 14.4. The molecule has 0 aliphatic heterocycles. The van der Waals surface area contributed by atoms with Gasteiger partial charge in [0.25, 0.3) is 0 Å². The van der Waals surface area contributed by atoms with Crippen molar-refractivity contribution in [1.82, 2.24) is 5.32 Å². The lowest BCUT2D eigenvalue weighted by atomic mass is 10.1. The first-order chi connectivity index (χ1) is 31.7. The summed E-state index contributed by atoms with van der Waals surface area (Å²) in [5, 5.41) is 22.9. The summed E-state index contributed by atoms with van der Waals surface area (Å²) >= 11 is 0. The highest BCUT2D eigenvalue weighted by Crippen LogP contribution is 2.09. The minimum absolute atomic E-state index is 0.109. The standard InChI is InChI=1S/C60H93NO3/c1-3-5-7-9-11-13-15-16-17-18-19-20-21-22-23-24-25-26-27-28-29-30-31-32-33-34-35-36-37-38-39-40-41-42-43-44-46-48-50-52-54-56-60(64)61-58(57-62)59(63)55-53-51-49-47-45-14-12-10-8-6-4-2/h5,7,11,13,16-17,19-20,22-23,25-26,28-29,31-32,34-35,37-38,40-41,43-45,47,53,55,58-59,62-63H,3-4,6,8-10,12,14-15,18,21,24,27,30,33,36,39,42,46,48-52,54,56-57H2,1-2H3,(H,61,64)/b7-5-,13-11-,17-16-,20-19-,23-22-,26-25-,29-28-,32-31-,35-34-,38-37-,41-40-,44-43-,47-45+,55-53+. The van der Waals surface area contributed by atoms with Crippen molar-refractivity contribution in [2.24, 2.45) is 0 Å². The number of hydrogen-bond donors (Lipinski definition) is 3. The van der Waals surface area contributed by atoms with Gasteiger partial charge in [-0.3, -0.25) is 4.79 Å². The van der Waals surface area contributed by atoms with Crippen molar-refractivity contribution in [1.29, 1.82) is 0 Å². The van der Waals surface area contributed by atoms with Crippen LogP contribution in [0.1, 0.15) is 181 Å². The fourth-order valence-electron chi connectivity index (χ4n) is 6.35. The van der Waals surface area contributed by atoms with Crippen LogP contribution in [0.5, 0.6) is 0 Å². The van der Waals surface area contributed by atoms with Gasteiger partial charge in [0.2, 0.25) is 5.91 Å². The van der Waals surface area contributed by atoms with E-state index in [2.05, 4.69) is 177 Å². The van der Waals surface area contributed by atoms with Gasteiger partial charge in [-0.1, -0.05) is 223 Å². The topological polar surface area (TPSA) is 69.6 Å². The zero-order valence-corrected chi connectivity index (χ0v) is 40.7. The van der Waals surface area contributed by atoms with Gasteiger partial charge in [-0.15, -0.1) is 0 Å². The van der Waals surface area contributed by atoms with Gasteiger partial charge in [0.1, 0.15) is 0 Å². The maximum Gasteiger partial charge on any atom is 0.220 e. The number of carbonyl (C=O) groups is 1. The Bertz CT molecular complexity index is 1460. The van der Waals surface area contributed by atoms with E-state index < -0.39 is 12.1 Å². The second-order valence-corrected chi connectivity index (χ2v) is 16.1. The molecule has 64 heavy (non-hydrogen) atoms. The van der Waals surface area contributed by atoms with Crippen LogP contribution < -0.4 is 5.32 Å². The van der Waals surface area contributed by atoms with Crippen LogP contribution in [0, 0.1) is 0 Å². The number of carbonyl (C=O) groups excluding carboxylic acids is 1. The van der Waals surface area contributed by atoms with E-state index in [-0.39, 0.29) is 12.5 Å². The fraction of sp³-hybridized carbons (Fsp3) is 0.517. The summed E-state index contributed by atoms with van der Waals surface area (Å²) in [6.07, 6.45) is 87.7. The Labute approximate surface area is 394 Å². The van der Waals surface area contributed by atoms with Crippen molar-refractivity contribution >= 4 is 5.91 Å². The zero-order chi connectivity index (χ0) is 46.3. The first kappa shape index (κ1) is 59.8. The molecule has 1 amide bonds. The lowest BCUT2D eigenvalue weighted by Crippen LogP contribution is -2.45. The molecule has 0 aliphatic rings. The molecular formula is C60H93NO3. The van der Waals surface area contributed by atoms with Gasteiger partial charge in [-0.2, -0.15) is 0 Å². The van der Waals surface area contributed by atoms with E-state index >= 15 is 0 Å². The Morgan fingerprint density at radius 3 is 1.08 bits per heavy atom. The summed E-state index contributed by atoms with van der Waals surface area (Å²) in [5.74, 6) is -0.109. The summed E-state index contributed by atoms with van der Waals surface area (Å²) in [4.78, 5) is 12.4. The monoisotopic (exact) mass is 876 g/mol. The van der Waals surface area contributed by atoms with E-state index in [0.717, 1.165) is 128 Å². The van der Waals surface area contributed by atoms with Crippen LogP contribution in [-0.4, -0.2) is 34.9 Å². The SMILES string of the molecule is CC/C=C\C/C=C\C/C=C\C/C=C\C/C=C\C/C=C\C/C=C\C/C=C\C/C=C\C/C=C\C/C=C\C/C=C\CCCCCCC(=O)NC(CO)C(O)/C=C/CC/C=C/CCCCCCC. The van der Waals surface area contributed by atoms with E-state index in [1.54, 1.807) is 6.08 Å². The third-order valence-electron chi connectivity index (χ3n) is 10.2. The molecule has 0 aliphatic carbocycles. The smallest absolute Gasteiger partial charge is 0.220 e. The lowest BCUT2D eigenvalue weighted by Gasteiger charge is -2.19. The molecule has 4 heteroatoms. The highest BCUT2D eigenvalue weighted by molar-refractivity contribution is 5.76. The Balaban J connectivity index is 3.74. The number of allylic oxidation sites excluding steroid dienone is 27. The van der Waals surface area contributed by atoms with Gasteiger partial charge in [0.15, 0.2) is 0 Å². The molecule has 0 spiro atoms. The molecule has 4 nitrogen and oxygen atoms in total. The third-order valence-corrected chi connectivity index (χ3v) is 10.2. The fourth-order valence-corrected chi connectivity index (χ4v) is 6.35. The van der Waals surface area contributed by atoms with E-state index in [9.17, 15) is 15.0 Å². The van der Waals surface area contributed by atoms with Crippen LogP contribution in [0.3, 0.4) is 0 Å². The Hall–Kier alpha value is -4.25. The summed E-state index contributed by atoms with van der Waals surface area (Å²) in [6, 6.07) is -0.664. The van der Waals surface area contributed by atoms with Crippen LogP contribution >= 0.6 is 0 Å². The summed E-state index contributed by atoms with van der Waals surface area (Å²) < 4.78 is 0. The van der Waals surface area contributed by atoms with Crippen LogP contribution in [0.15, 0.2) is 170 Å². The molecule has 0 aromatic carbocycles. The number of nitrogens with one attached hydrogen (secondary N) is 1. The van der Waals surface area contributed by atoms with Gasteiger partial charge >= 0.3 is 0 Å². The third kappa shape index (κ3) is 48.8. The van der Waals surface area contributed by atoms with Gasteiger partial charge in [0.05, 0.1) is 18.8 Å². The molecule has 0 aromatic rings. The summed E-state index contributed by atoms with van der Waals surface area (Å²) in [7, 11) is 0. The Morgan fingerprint density at radius 1 is 0.391 bits per heavy atom. The lowest BCUT2D eigenvalue weighted by molar-refractivity contribution is -0.123. The highest BCUT2D eigenvalue weighted by atomic mass is 16.3. The van der Waals surface area contributed by atoms with Gasteiger partial charge in [0, 0.05) is 6.42 Å². The number of amides is 1. The molecule has 0 radical (unpaired) electrons.